The molecule has 0 bridgehead atoms. The van der Waals surface area contributed by atoms with Crippen LogP contribution >= 0.6 is 11.8 Å². The third kappa shape index (κ3) is 4.51. The third-order valence-corrected chi connectivity index (χ3v) is 4.85. The van der Waals surface area contributed by atoms with Crippen molar-refractivity contribution in [2.45, 2.75) is 25.8 Å². The van der Waals surface area contributed by atoms with Gasteiger partial charge in [-0.05, 0) is 36.8 Å². The van der Waals surface area contributed by atoms with Crippen molar-refractivity contribution in [3.8, 4) is 11.8 Å². The zero-order valence-electron chi connectivity index (χ0n) is 14.4. The zero-order chi connectivity index (χ0) is 18.4. The molecule has 3 rings (SSSR count). The van der Waals surface area contributed by atoms with Crippen LogP contribution in [0.2, 0.25) is 0 Å². The molecule has 1 N–H and O–H groups in total. The number of carbonyl (C=O) groups excluding carboxylic acids is 2. The maximum absolute atomic E-state index is 12.5. The quantitative estimate of drug-likeness (QED) is 0.839. The fraction of sp³-hybridized carbons (Fsp3) is 0.333. The van der Waals surface area contributed by atoms with Crippen LogP contribution in [0.25, 0.3) is 0 Å². The molecule has 0 radical (unpaired) electrons. The predicted octanol–water partition coefficient (Wildman–Crippen LogP) is 2.91. The van der Waals surface area contributed by atoms with Gasteiger partial charge >= 0.3 is 6.01 Å². The van der Waals surface area contributed by atoms with Gasteiger partial charge in [0, 0.05) is 30.3 Å². The molecule has 2 aromatic rings. The van der Waals surface area contributed by atoms with Gasteiger partial charge in [0.05, 0.1) is 5.88 Å². The summed E-state index contributed by atoms with van der Waals surface area (Å²) in [7, 11) is 0. The molecule has 1 aromatic carbocycles. The number of aromatic nitrogens is 2. The summed E-state index contributed by atoms with van der Waals surface area (Å²) in [5.74, 6) is 1.63. The molecule has 1 saturated heterocycles. The number of amides is 2. The lowest BCUT2D eigenvalue weighted by Crippen LogP contribution is -2.44. The van der Waals surface area contributed by atoms with Gasteiger partial charge in [0.2, 0.25) is 11.8 Å². The summed E-state index contributed by atoms with van der Waals surface area (Å²) < 4.78 is 5.52. The molecule has 0 aliphatic carbocycles. The Kier molecular flexibility index (Phi) is 6.06. The van der Waals surface area contributed by atoms with Crippen LogP contribution in [-0.2, 0) is 9.59 Å². The van der Waals surface area contributed by atoms with Crippen molar-refractivity contribution in [3.63, 3.8) is 0 Å². The van der Waals surface area contributed by atoms with Crippen molar-refractivity contribution in [3.05, 3.63) is 42.7 Å². The Hall–Kier alpha value is -2.61. The van der Waals surface area contributed by atoms with Crippen molar-refractivity contribution >= 4 is 29.3 Å². The van der Waals surface area contributed by atoms with Crippen LogP contribution in [0.4, 0.5) is 5.69 Å². The van der Waals surface area contributed by atoms with Gasteiger partial charge in [-0.2, -0.15) is 0 Å². The molecule has 0 unspecified atom stereocenters. The van der Waals surface area contributed by atoms with Crippen LogP contribution in [0.5, 0.6) is 11.8 Å². The number of hydrogen-bond acceptors (Lipinski definition) is 6. The highest BCUT2D eigenvalue weighted by atomic mass is 32.2. The summed E-state index contributed by atoms with van der Waals surface area (Å²) >= 11 is 1.60. The van der Waals surface area contributed by atoms with Crippen LogP contribution in [-0.4, -0.2) is 44.4 Å². The maximum atomic E-state index is 12.5. The van der Waals surface area contributed by atoms with Crippen LogP contribution in [0, 0.1) is 0 Å². The normalized spacial score (nSPS) is 16.3. The van der Waals surface area contributed by atoms with E-state index >= 15 is 0 Å². The zero-order valence-corrected chi connectivity index (χ0v) is 15.2. The average Bonchev–Trinajstić information content (AvgIpc) is 3.14. The van der Waals surface area contributed by atoms with Gasteiger partial charge in [-0.15, -0.1) is 11.8 Å². The smallest absolute Gasteiger partial charge is 0.321 e. The molecule has 2 amide bonds. The maximum Gasteiger partial charge on any atom is 0.321 e. The van der Waals surface area contributed by atoms with Crippen molar-refractivity contribution in [2.24, 2.45) is 0 Å². The molecule has 1 aliphatic heterocycles. The first kappa shape index (κ1) is 18.2. The number of anilines is 1. The number of nitrogens with one attached hydrogen (secondary N) is 1. The molecule has 8 heteroatoms. The number of thioether (sulfide) groups is 1. The summed E-state index contributed by atoms with van der Waals surface area (Å²) in [5, 5.41) is 2.87. The Morgan fingerprint density at radius 3 is 2.69 bits per heavy atom. The topological polar surface area (TPSA) is 84.4 Å². The van der Waals surface area contributed by atoms with Gasteiger partial charge in [0.15, 0.2) is 0 Å². The molecule has 0 saturated carbocycles. The first-order chi connectivity index (χ1) is 12.7. The third-order valence-electron chi connectivity index (χ3n) is 3.84. The van der Waals surface area contributed by atoms with Gasteiger partial charge in [0.1, 0.15) is 11.8 Å². The van der Waals surface area contributed by atoms with E-state index in [0.29, 0.717) is 29.5 Å². The van der Waals surface area contributed by atoms with Crippen molar-refractivity contribution in [1.82, 2.24) is 14.9 Å². The minimum atomic E-state index is -0.423. The molecule has 136 valence electrons. The second kappa shape index (κ2) is 8.66. The number of carbonyl (C=O) groups is 2. The highest BCUT2D eigenvalue weighted by molar-refractivity contribution is 7.99. The first-order valence-corrected chi connectivity index (χ1v) is 9.56. The van der Waals surface area contributed by atoms with Gasteiger partial charge in [-0.1, -0.05) is 6.92 Å². The molecule has 26 heavy (non-hydrogen) atoms. The van der Waals surface area contributed by atoms with E-state index in [1.165, 1.54) is 0 Å². The predicted molar refractivity (Wildman–Crippen MR) is 100 cm³/mol. The number of rotatable bonds is 6. The summed E-state index contributed by atoms with van der Waals surface area (Å²) in [4.78, 5) is 34.3. The minimum Gasteiger partial charge on any atom is -0.424 e. The number of hydrogen-bond donors (Lipinski definition) is 1. The molecule has 1 aromatic heterocycles. The van der Waals surface area contributed by atoms with Crippen molar-refractivity contribution in [1.29, 1.82) is 0 Å². The lowest BCUT2D eigenvalue weighted by atomic mass is 10.2. The Labute approximate surface area is 156 Å². The van der Waals surface area contributed by atoms with E-state index in [9.17, 15) is 9.59 Å². The van der Waals surface area contributed by atoms with E-state index in [4.69, 9.17) is 4.74 Å². The lowest BCUT2D eigenvalue weighted by Gasteiger charge is -2.23. The number of ether oxygens (including phenoxy) is 1. The Morgan fingerprint density at radius 2 is 2.00 bits per heavy atom. The summed E-state index contributed by atoms with van der Waals surface area (Å²) in [6.45, 7) is 1.96. The van der Waals surface area contributed by atoms with Crippen molar-refractivity contribution in [2.75, 3.05) is 16.9 Å². The highest BCUT2D eigenvalue weighted by Crippen LogP contribution is 2.24. The lowest BCUT2D eigenvalue weighted by molar-refractivity contribution is -0.136. The fourth-order valence-electron chi connectivity index (χ4n) is 2.54. The summed E-state index contributed by atoms with van der Waals surface area (Å²) in [5.41, 5.74) is 0.649. The average molecular weight is 372 g/mol. The van der Waals surface area contributed by atoms with Crippen molar-refractivity contribution < 1.29 is 14.3 Å². The number of nitrogens with zero attached hydrogens (tertiary/aromatic N) is 3. The van der Waals surface area contributed by atoms with Gasteiger partial charge < -0.3 is 15.0 Å². The molecule has 2 heterocycles. The van der Waals surface area contributed by atoms with E-state index < -0.39 is 6.04 Å². The fourth-order valence-corrected chi connectivity index (χ4v) is 3.72. The van der Waals surface area contributed by atoms with Crippen LogP contribution in [0.15, 0.2) is 42.7 Å². The van der Waals surface area contributed by atoms with Crippen LogP contribution in [0.1, 0.15) is 19.8 Å². The van der Waals surface area contributed by atoms with Gasteiger partial charge in [-0.3, -0.25) is 9.59 Å². The van der Waals surface area contributed by atoms with E-state index in [2.05, 4.69) is 15.3 Å². The second-order valence-electron chi connectivity index (χ2n) is 5.78. The standard InChI is InChI=1S/C18H20N4O3S/c1-2-4-16(23)22-12-26-11-15(22)17(24)21-13-5-7-14(8-6-13)25-18-19-9-3-10-20-18/h3,5-10,15H,2,4,11-12H2,1H3,(H,21,24)/t15-/m0/s1. The molecule has 1 aliphatic rings. The first-order valence-electron chi connectivity index (χ1n) is 8.40. The molecule has 0 spiro atoms. The SMILES string of the molecule is CCCC(=O)N1CSC[C@H]1C(=O)Nc1ccc(Oc2ncccn2)cc1. The van der Waals surface area contributed by atoms with E-state index in [1.54, 1.807) is 59.4 Å². The van der Waals surface area contributed by atoms with E-state index in [-0.39, 0.29) is 17.8 Å². The Bertz CT molecular complexity index is 755. The Morgan fingerprint density at radius 1 is 1.27 bits per heavy atom. The minimum absolute atomic E-state index is 0.0317. The van der Waals surface area contributed by atoms with Gasteiger partial charge in [-0.25, -0.2) is 9.97 Å². The monoisotopic (exact) mass is 372 g/mol. The molecule has 7 nitrogen and oxygen atoms in total. The largest absolute Gasteiger partial charge is 0.424 e. The molecular formula is C18H20N4O3S. The van der Waals surface area contributed by atoms with Crippen LogP contribution in [0.3, 0.4) is 0 Å². The molecule has 1 atom stereocenters. The summed E-state index contributed by atoms with van der Waals surface area (Å²) in [6, 6.07) is 8.50. The number of benzene rings is 1. The van der Waals surface area contributed by atoms with E-state index in [0.717, 1.165) is 6.42 Å². The summed E-state index contributed by atoms with van der Waals surface area (Å²) in [6.07, 6.45) is 4.45. The second-order valence-corrected chi connectivity index (χ2v) is 6.78. The highest BCUT2D eigenvalue weighted by Gasteiger charge is 2.34. The van der Waals surface area contributed by atoms with Crippen LogP contribution < -0.4 is 10.1 Å². The van der Waals surface area contributed by atoms with Gasteiger partial charge in [0.25, 0.3) is 0 Å². The Balaban J connectivity index is 1.60. The molecular weight excluding hydrogens is 352 g/mol. The van der Waals surface area contributed by atoms with E-state index in [1.807, 2.05) is 6.92 Å². The molecule has 1 fully saturated rings.